The molecule has 0 aliphatic heterocycles. The van der Waals surface area contributed by atoms with Crippen molar-refractivity contribution in [1.29, 1.82) is 0 Å². The summed E-state index contributed by atoms with van der Waals surface area (Å²) in [6.07, 6.45) is 3.65. The van der Waals surface area contributed by atoms with Crippen LogP contribution < -0.4 is 4.90 Å². The van der Waals surface area contributed by atoms with Crippen molar-refractivity contribution < 1.29 is 18.7 Å². The highest BCUT2D eigenvalue weighted by Crippen LogP contribution is 2.40. The van der Waals surface area contributed by atoms with Crippen molar-refractivity contribution in [2.24, 2.45) is 5.92 Å². The first-order chi connectivity index (χ1) is 12.5. The lowest BCUT2D eigenvalue weighted by Crippen LogP contribution is -2.34. The molecule has 0 amide bonds. The van der Waals surface area contributed by atoms with Crippen LogP contribution in [0.15, 0.2) is 53.2 Å². The van der Waals surface area contributed by atoms with Crippen LogP contribution in [0.1, 0.15) is 30.6 Å². The van der Waals surface area contributed by atoms with Crippen LogP contribution in [0.3, 0.4) is 0 Å². The molecule has 0 N–H and O–H groups in total. The van der Waals surface area contributed by atoms with Crippen molar-refractivity contribution in [1.82, 2.24) is 0 Å². The molecule has 1 aromatic heterocycles. The first-order valence-corrected chi connectivity index (χ1v) is 8.73. The summed E-state index contributed by atoms with van der Waals surface area (Å²) in [4.78, 5) is 27.2. The van der Waals surface area contributed by atoms with Crippen LogP contribution in [0.5, 0.6) is 0 Å². The first-order valence-electron chi connectivity index (χ1n) is 8.73. The molecule has 1 heterocycles. The minimum atomic E-state index is -0.820. The third-order valence-electron chi connectivity index (χ3n) is 4.68. The highest BCUT2D eigenvalue weighted by molar-refractivity contribution is 6.10. The zero-order chi connectivity index (χ0) is 18.7. The Kier molecular flexibility index (Phi) is 5.26. The van der Waals surface area contributed by atoms with E-state index in [9.17, 15) is 9.59 Å². The van der Waals surface area contributed by atoms with Crippen LogP contribution >= 0.6 is 0 Å². The first kappa shape index (κ1) is 18.0. The predicted molar refractivity (Wildman–Crippen MR) is 99.9 cm³/mol. The van der Waals surface area contributed by atoms with Gasteiger partial charge < -0.3 is 14.1 Å². The van der Waals surface area contributed by atoms with Gasteiger partial charge in [0, 0.05) is 25.7 Å². The highest BCUT2D eigenvalue weighted by Gasteiger charge is 2.40. The molecule has 0 spiro atoms. The minimum absolute atomic E-state index is 0.234. The number of carbonyl (C=O) groups is 2. The van der Waals surface area contributed by atoms with E-state index in [1.165, 1.54) is 6.08 Å². The number of rotatable bonds is 5. The van der Waals surface area contributed by atoms with Crippen molar-refractivity contribution in [2.75, 3.05) is 25.6 Å². The van der Waals surface area contributed by atoms with E-state index in [-0.39, 0.29) is 18.3 Å². The molecule has 1 aromatic carbocycles. The molecule has 2 atom stereocenters. The zero-order valence-electron chi connectivity index (χ0n) is 15.3. The predicted octanol–water partition coefficient (Wildman–Crippen LogP) is 3.66. The Balaban J connectivity index is 1.98. The quantitative estimate of drug-likeness (QED) is 0.606. The summed E-state index contributed by atoms with van der Waals surface area (Å²) in [6.45, 7) is 2.00. The van der Waals surface area contributed by atoms with Gasteiger partial charge in [0.2, 0.25) is 0 Å². The number of anilines is 1. The van der Waals surface area contributed by atoms with Crippen molar-refractivity contribution in [3.05, 3.63) is 60.1 Å². The van der Waals surface area contributed by atoms with Crippen LogP contribution in [0.2, 0.25) is 0 Å². The van der Waals surface area contributed by atoms with Crippen LogP contribution in [0.25, 0.3) is 5.57 Å². The fourth-order valence-electron chi connectivity index (χ4n) is 3.35. The topological polar surface area (TPSA) is 59.8 Å². The summed E-state index contributed by atoms with van der Waals surface area (Å²) < 4.78 is 10.6. The number of allylic oxidation sites excluding steroid dienone is 2. The van der Waals surface area contributed by atoms with E-state index >= 15 is 0 Å². The second kappa shape index (κ2) is 7.60. The molecular formula is C21H23NO4. The maximum absolute atomic E-state index is 12.7. The van der Waals surface area contributed by atoms with E-state index in [0.717, 1.165) is 16.8 Å². The lowest BCUT2D eigenvalue weighted by atomic mass is 9.74. The van der Waals surface area contributed by atoms with Gasteiger partial charge in [0.05, 0.1) is 12.9 Å². The minimum Gasteiger partial charge on any atom is -0.465 e. The van der Waals surface area contributed by atoms with Gasteiger partial charge in [0.15, 0.2) is 5.78 Å². The Bertz CT molecular complexity index is 803. The second-order valence-electron chi connectivity index (χ2n) is 6.58. The molecule has 5 heteroatoms. The molecule has 136 valence electrons. The Morgan fingerprint density at radius 2 is 1.96 bits per heavy atom. The molecule has 0 bridgehead atoms. The summed E-state index contributed by atoms with van der Waals surface area (Å²) in [5.74, 6) is -1.13. The van der Waals surface area contributed by atoms with E-state index in [1.807, 2.05) is 49.3 Å². The van der Waals surface area contributed by atoms with Gasteiger partial charge in [-0.05, 0) is 54.8 Å². The van der Waals surface area contributed by atoms with Crippen molar-refractivity contribution in [3.8, 4) is 0 Å². The number of nitrogens with zero attached hydrogens (tertiary/aromatic N) is 1. The van der Waals surface area contributed by atoms with E-state index in [0.29, 0.717) is 12.2 Å². The monoisotopic (exact) mass is 353 g/mol. The number of ether oxygens (including phenoxy) is 1. The smallest absolute Gasteiger partial charge is 0.317 e. The third kappa shape index (κ3) is 3.57. The van der Waals surface area contributed by atoms with Crippen LogP contribution in [0, 0.1) is 5.92 Å². The number of esters is 1. The van der Waals surface area contributed by atoms with E-state index < -0.39 is 11.9 Å². The molecule has 1 aliphatic carbocycles. The molecule has 1 aliphatic rings. The van der Waals surface area contributed by atoms with E-state index in [2.05, 4.69) is 0 Å². The Labute approximate surface area is 153 Å². The van der Waals surface area contributed by atoms with Crippen LogP contribution in [-0.2, 0) is 14.3 Å². The summed E-state index contributed by atoms with van der Waals surface area (Å²) in [5.41, 5.74) is 2.81. The third-order valence-corrected chi connectivity index (χ3v) is 4.68. The van der Waals surface area contributed by atoms with Crippen molar-refractivity contribution >= 4 is 23.0 Å². The van der Waals surface area contributed by atoms with Crippen LogP contribution in [-0.4, -0.2) is 32.5 Å². The molecule has 5 nitrogen and oxygen atoms in total. The molecular weight excluding hydrogens is 330 g/mol. The second-order valence-corrected chi connectivity index (χ2v) is 6.58. The number of benzene rings is 1. The Hall–Kier alpha value is -2.82. The lowest BCUT2D eigenvalue weighted by molar-refractivity contribution is -0.151. The fourth-order valence-corrected chi connectivity index (χ4v) is 3.35. The van der Waals surface area contributed by atoms with Gasteiger partial charge in [0.1, 0.15) is 11.7 Å². The summed E-state index contributed by atoms with van der Waals surface area (Å²) in [5, 5.41) is 0. The van der Waals surface area contributed by atoms with Gasteiger partial charge in [-0.15, -0.1) is 0 Å². The molecule has 2 unspecified atom stereocenters. The van der Waals surface area contributed by atoms with Gasteiger partial charge in [-0.3, -0.25) is 9.59 Å². The maximum atomic E-state index is 12.7. The standard InChI is InChI=1S/C21H23NO4/c1-4-25-21(24)20-17(14-7-9-16(10-8-14)22(2)3)12-15(13-18(20)23)19-6-5-11-26-19/h5-11,13,17,20H,4,12H2,1-3H3. The summed E-state index contributed by atoms with van der Waals surface area (Å²) >= 11 is 0. The lowest BCUT2D eigenvalue weighted by Gasteiger charge is -2.29. The fraction of sp³-hybridized carbons (Fsp3) is 0.333. The largest absolute Gasteiger partial charge is 0.465 e. The van der Waals surface area contributed by atoms with Crippen molar-refractivity contribution in [3.63, 3.8) is 0 Å². The molecule has 0 saturated carbocycles. The van der Waals surface area contributed by atoms with E-state index in [1.54, 1.807) is 19.3 Å². The van der Waals surface area contributed by atoms with Crippen LogP contribution in [0.4, 0.5) is 5.69 Å². The molecule has 2 aromatic rings. The SMILES string of the molecule is CCOC(=O)C1C(=O)C=C(c2ccco2)CC1c1ccc(N(C)C)cc1. The average Bonchev–Trinajstić information content (AvgIpc) is 3.16. The summed E-state index contributed by atoms with van der Waals surface area (Å²) in [6, 6.07) is 11.6. The Morgan fingerprint density at radius 1 is 1.23 bits per heavy atom. The summed E-state index contributed by atoms with van der Waals surface area (Å²) in [7, 11) is 3.94. The number of furan rings is 1. The van der Waals surface area contributed by atoms with Crippen molar-refractivity contribution in [2.45, 2.75) is 19.3 Å². The van der Waals surface area contributed by atoms with Gasteiger partial charge in [-0.25, -0.2) is 0 Å². The van der Waals surface area contributed by atoms with E-state index in [4.69, 9.17) is 9.15 Å². The molecule has 0 radical (unpaired) electrons. The highest BCUT2D eigenvalue weighted by atomic mass is 16.5. The number of ketones is 1. The Morgan fingerprint density at radius 3 is 2.54 bits per heavy atom. The van der Waals surface area contributed by atoms with Gasteiger partial charge >= 0.3 is 5.97 Å². The molecule has 3 rings (SSSR count). The van der Waals surface area contributed by atoms with Gasteiger partial charge in [-0.1, -0.05) is 12.1 Å². The van der Waals surface area contributed by atoms with Gasteiger partial charge in [0.25, 0.3) is 0 Å². The molecule has 26 heavy (non-hydrogen) atoms. The molecule has 0 fully saturated rings. The average molecular weight is 353 g/mol. The molecule has 0 saturated heterocycles. The zero-order valence-corrected chi connectivity index (χ0v) is 15.3. The number of hydrogen-bond acceptors (Lipinski definition) is 5. The van der Waals surface area contributed by atoms with Gasteiger partial charge in [-0.2, -0.15) is 0 Å². The normalized spacial score (nSPS) is 19.8. The number of carbonyl (C=O) groups excluding carboxylic acids is 2. The maximum Gasteiger partial charge on any atom is 0.317 e. The number of hydrogen-bond donors (Lipinski definition) is 0.